The first-order chi connectivity index (χ1) is 20.6. The van der Waals surface area contributed by atoms with Crippen LogP contribution in [-0.2, 0) is 14.3 Å². The van der Waals surface area contributed by atoms with Crippen molar-refractivity contribution < 1.29 is 18.7 Å². The number of amides is 2. The highest BCUT2D eigenvalue weighted by Gasteiger charge is 2.48. The van der Waals surface area contributed by atoms with Crippen LogP contribution in [0.5, 0.6) is 0 Å². The molecule has 0 aromatic heterocycles. The Morgan fingerprint density at radius 3 is 2.53 bits per heavy atom. The molecule has 3 fully saturated rings. The number of unbranched alkanes of at least 4 members (excludes halogenated alkanes) is 3. The third kappa shape index (κ3) is 8.22. The van der Waals surface area contributed by atoms with Gasteiger partial charge in [0, 0.05) is 44.5 Å². The van der Waals surface area contributed by atoms with Crippen LogP contribution in [0.3, 0.4) is 0 Å². The average molecular weight is 606 g/mol. The zero-order chi connectivity index (χ0) is 31.0. The van der Waals surface area contributed by atoms with E-state index in [2.05, 4.69) is 41.3 Å². The minimum atomic E-state index is -1.31. The molecule has 11 heteroatoms. The van der Waals surface area contributed by atoms with Gasteiger partial charge in [-0.3, -0.25) is 19.5 Å². The number of nitrogens with zero attached hydrogens (tertiary/aromatic N) is 3. The highest BCUT2D eigenvalue weighted by Crippen LogP contribution is 2.36. The molecule has 4 aliphatic heterocycles. The SMILES string of the molecule is CCCCCCC1(N2CCN(C(=O)C3COC3)CC2)CCNCC1NC(=O)C(C(N)N)C1CC(C)(CC)/C=C\C(F)C=N1. The summed E-state index contributed by atoms with van der Waals surface area (Å²) in [6.45, 7) is 11.8. The summed E-state index contributed by atoms with van der Waals surface area (Å²) < 4.78 is 19.8. The number of nitrogens with two attached hydrogens (primary N) is 2. The molecule has 0 aromatic rings. The van der Waals surface area contributed by atoms with E-state index in [1.807, 2.05) is 11.0 Å². The molecule has 0 aliphatic carbocycles. The standard InChI is InChI=1S/C32H56FN7O3/c1-4-6-7-8-10-32(40-16-14-39(15-17-40)30(42)23-21-43-22-23)12-13-36-20-26(32)38-29(41)27(28(34)35)25-18-31(3,5-2)11-9-24(33)19-37-25/h9,11,19,23-28,36H,4-8,10,12-18,20-22,34-35H2,1-3H3,(H,38,41)/b11-9-,37-19?. The number of piperidine rings is 1. The van der Waals surface area contributed by atoms with E-state index in [9.17, 15) is 14.0 Å². The lowest BCUT2D eigenvalue weighted by Gasteiger charge is -2.54. The molecule has 10 nitrogen and oxygen atoms in total. The van der Waals surface area contributed by atoms with Crippen molar-refractivity contribution in [1.29, 1.82) is 0 Å². The minimum Gasteiger partial charge on any atom is -0.380 e. The average Bonchev–Trinajstić information content (AvgIpc) is 2.96. The number of piperazine rings is 1. The van der Waals surface area contributed by atoms with Crippen molar-refractivity contribution in [2.75, 3.05) is 52.5 Å². The van der Waals surface area contributed by atoms with Crippen molar-refractivity contribution >= 4 is 18.0 Å². The quantitative estimate of drug-likeness (QED) is 0.152. The Morgan fingerprint density at radius 2 is 1.91 bits per heavy atom. The molecule has 43 heavy (non-hydrogen) atoms. The molecule has 2 amide bonds. The van der Waals surface area contributed by atoms with Crippen LogP contribution in [0.1, 0.15) is 72.1 Å². The zero-order valence-electron chi connectivity index (χ0n) is 26.6. The van der Waals surface area contributed by atoms with Crippen LogP contribution < -0.4 is 22.1 Å². The van der Waals surface area contributed by atoms with Crippen molar-refractivity contribution in [1.82, 2.24) is 20.4 Å². The number of aliphatic imine (C=N–C) groups is 1. The highest BCUT2D eigenvalue weighted by molar-refractivity contribution is 5.81. The summed E-state index contributed by atoms with van der Waals surface area (Å²) >= 11 is 0. The Labute approximate surface area is 257 Å². The first-order valence-corrected chi connectivity index (χ1v) is 16.6. The normalized spacial score (nSPS) is 33.8. The van der Waals surface area contributed by atoms with E-state index in [0.717, 1.165) is 58.2 Å². The number of carbonyl (C=O) groups excluding carboxylic acids is 2. The van der Waals surface area contributed by atoms with Gasteiger partial charge in [-0.15, -0.1) is 0 Å². The summed E-state index contributed by atoms with van der Waals surface area (Å²) in [6, 6.07) is -0.698. The predicted molar refractivity (Wildman–Crippen MR) is 168 cm³/mol. The molecule has 6 N–H and O–H groups in total. The number of hydrogen-bond donors (Lipinski definition) is 4. The summed E-state index contributed by atoms with van der Waals surface area (Å²) in [5, 5.41) is 6.92. The van der Waals surface area contributed by atoms with Crippen molar-refractivity contribution in [3.63, 3.8) is 0 Å². The van der Waals surface area contributed by atoms with Gasteiger partial charge in [0.2, 0.25) is 11.8 Å². The van der Waals surface area contributed by atoms with E-state index >= 15 is 0 Å². The summed E-state index contributed by atoms with van der Waals surface area (Å²) in [6.07, 6.45) is 10.2. The van der Waals surface area contributed by atoms with Crippen LogP contribution in [0, 0.1) is 17.3 Å². The Morgan fingerprint density at radius 1 is 1.16 bits per heavy atom. The number of ether oxygens (including phenoxy) is 1. The summed E-state index contributed by atoms with van der Waals surface area (Å²) in [5.41, 5.74) is 12.0. The van der Waals surface area contributed by atoms with E-state index in [4.69, 9.17) is 16.2 Å². The molecular formula is C32H56FN7O3. The Kier molecular flexibility index (Phi) is 12.2. The van der Waals surface area contributed by atoms with Gasteiger partial charge in [0.05, 0.1) is 43.3 Å². The lowest BCUT2D eigenvalue weighted by atomic mass is 9.75. The molecule has 0 aromatic carbocycles. The molecule has 6 atom stereocenters. The van der Waals surface area contributed by atoms with Gasteiger partial charge in [0.15, 0.2) is 6.17 Å². The molecule has 0 saturated carbocycles. The lowest BCUT2D eigenvalue weighted by Crippen LogP contribution is -2.72. The number of allylic oxidation sites excluding steroid dienone is 2. The van der Waals surface area contributed by atoms with Gasteiger partial charge in [0.25, 0.3) is 0 Å². The van der Waals surface area contributed by atoms with Crippen LogP contribution in [0.25, 0.3) is 0 Å². The summed E-state index contributed by atoms with van der Waals surface area (Å²) in [4.78, 5) is 36.1. The number of hydrogen-bond acceptors (Lipinski definition) is 8. The molecular weight excluding hydrogens is 549 g/mol. The number of alkyl halides is 1. The zero-order valence-corrected chi connectivity index (χ0v) is 26.6. The molecule has 4 rings (SSSR count). The summed E-state index contributed by atoms with van der Waals surface area (Å²) in [7, 11) is 0. The second-order valence-electron chi connectivity index (χ2n) is 13.5. The fraction of sp³-hybridized carbons (Fsp3) is 0.844. The van der Waals surface area contributed by atoms with Crippen LogP contribution >= 0.6 is 0 Å². The lowest BCUT2D eigenvalue weighted by molar-refractivity contribution is -0.153. The van der Waals surface area contributed by atoms with Gasteiger partial charge in [-0.1, -0.05) is 52.5 Å². The number of carbonyl (C=O) groups is 2. The van der Waals surface area contributed by atoms with Gasteiger partial charge < -0.3 is 31.7 Å². The van der Waals surface area contributed by atoms with Crippen molar-refractivity contribution in [2.24, 2.45) is 33.7 Å². The highest BCUT2D eigenvalue weighted by atomic mass is 19.1. The number of nitrogens with one attached hydrogen (secondary N) is 2. The fourth-order valence-corrected chi connectivity index (χ4v) is 7.32. The largest absolute Gasteiger partial charge is 0.380 e. The topological polar surface area (TPSA) is 138 Å². The molecule has 6 unspecified atom stereocenters. The van der Waals surface area contributed by atoms with Crippen LogP contribution in [0.2, 0.25) is 0 Å². The van der Waals surface area contributed by atoms with Crippen molar-refractivity contribution in [3.8, 4) is 0 Å². The second-order valence-corrected chi connectivity index (χ2v) is 13.5. The smallest absolute Gasteiger partial charge is 0.230 e. The molecule has 0 bridgehead atoms. The third-order valence-electron chi connectivity index (χ3n) is 10.4. The van der Waals surface area contributed by atoms with Crippen LogP contribution in [0.15, 0.2) is 17.1 Å². The maximum atomic E-state index is 14.5. The molecule has 0 spiro atoms. The first kappa shape index (κ1) is 34.0. The van der Waals surface area contributed by atoms with Gasteiger partial charge >= 0.3 is 0 Å². The number of rotatable bonds is 12. The van der Waals surface area contributed by atoms with Gasteiger partial charge in [-0.2, -0.15) is 0 Å². The summed E-state index contributed by atoms with van der Waals surface area (Å²) in [5.74, 6) is -0.825. The van der Waals surface area contributed by atoms with E-state index < -0.39 is 24.3 Å². The van der Waals surface area contributed by atoms with Crippen LogP contribution in [-0.4, -0.2) is 110 Å². The Hall–Kier alpha value is -1.92. The Bertz CT molecular complexity index is 984. The molecule has 4 heterocycles. The number of halogens is 1. The molecule has 0 radical (unpaired) electrons. The van der Waals surface area contributed by atoms with E-state index in [-0.39, 0.29) is 34.7 Å². The predicted octanol–water partition coefficient (Wildman–Crippen LogP) is 1.98. The van der Waals surface area contributed by atoms with Crippen molar-refractivity contribution in [2.45, 2.75) is 102 Å². The van der Waals surface area contributed by atoms with Gasteiger partial charge in [-0.05, 0) is 43.7 Å². The van der Waals surface area contributed by atoms with E-state index in [0.29, 0.717) is 39.3 Å². The molecule has 4 aliphatic rings. The maximum Gasteiger partial charge on any atom is 0.230 e. The fourth-order valence-electron chi connectivity index (χ4n) is 7.32. The van der Waals surface area contributed by atoms with E-state index in [1.54, 1.807) is 0 Å². The first-order valence-electron chi connectivity index (χ1n) is 16.6. The Balaban J connectivity index is 1.54. The van der Waals surface area contributed by atoms with E-state index in [1.165, 1.54) is 18.7 Å². The minimum absolute atomic E-state index is 0.00782. The molecule has 244 valence electrons. The second kappa shape index (κ2) is 15.4. The van der Waals surface area contributed by atoms with Gasteiger partial charge in [-0.25, -0.2) is 4.39 Å². The monoisotopic (exact) mass is 605 g/mol. The third-order valence-corrected chi connectivity index (χ3v) is 10.4. The molecule has 3 saturated heterocycles. The van der Waals surface area contributed by atoms with Crippen molar-refractivity contribution in [3.05, 3.63) is 12.2 Å². The van der Waals surface area contributed by atoms with Gasteiger partial charge in [0.1, 0.15) is 0 Å². The maximum absolute atomic E-state index is 14.5. The van der Waals surface area contributed by atoms with Crippen LogP contribution in [0.4, 0.5) is 4.39 Å².